The maximum absolute atomic E-state index is 11.5. The number of carbonyl (C=O) groups excluding carboxylic acids is 1. The number of methoxy groups -OCH3 is 1. The first kappa shape index (κ1) is 12.3. The molecule has 2 rings (SSSR count). The van der Waals surface area contributed by atoms with Crippen molar-refractivity contribution < 1.29 is 14.3 Å². The highest BCUT2D eigenvalue weighted by Crippen LogP contribution is 2.25. The Kier molecular flexibility index (Phi) is 3.96. The quantitative estimate of drug-likeness (QED) is 0.765. The molecule has 0 aliphatic carbocycles. The zero-order valence-electron chi connectivity index (χ0n) is 10.0. The average molecular weight is 256 g/mol. The Labute approximate surface area is 104 Å². The number of thiazole rings is 1. The van der Waals surface area contributed by atoms with Crippen molar-refractivity contribution >= 4 is 22.4 Å². The first-order chi connectivity index (χ1) is 8.24. The number of carbonyl (C=O) groups is 1. The first-order valence-corrected chi connectivity index (χ1v) is 6.53. The van der Waals surface area contributed by atoms with E-state index in [0.717, 1.165) is 24.6 Å². The molecule has 1 saturated heterocycles. The van der Waals surface area contributed by atoms with Gasteiger partial charge in [-0.25, -0.2) is 9.78 Å². The Bertz CT molecular complexity index is 394. The van der Waals surface area contributed by atoms with Gasteiger partial charge >= 0.3 is 5.97 Å². The van der Waals surface area contributed by atoms with Crippen molar-refractivity contribution in [3.63, 3.8) is 0 Å². The van der Waals surface area contributed by atoms with Crippen molar-refractivity contribution in [2.75, 3.05) is 31.7 Å². The lowest BCUT2D eigenvalue weighted by Gasteiger charge is -2.13. The zero-order valence-corrected chi connectivity index (χ0v) is 10.8. The molecule has 0 saturated carbocycles. The molecule has 0 spiro atoms. The van der Waals surface area contributed by atoms with E-state index in [0.29, 0.717) is 12.3 Å². The van der Waals surface area contributed by atoms with E-state index in [1.807, 2.05) is 0 Å². The molecule has 6 heteroatoms. The number of hydrogen-bond acceptors (Lipinski definition) is 6. The van der Waals surface area contributed by atoms with E-state index in [9.17, 15) is 4.79 Å². The number of rotatable bonds is 4. The molecule has 17 heavy (non-hydrogen) atoms. The molecule has 1 atom stereocenters. The summed E-state index contributed by atoms with van der Waals surface area (Å²) >= 11 is 1.47. The summed E-state index contributed by atoms with van der Waals surface area (Å²) in [6.45, 7) is 3.93. The highest BCUT2D eigenvalue weighted by atomic mass is 32.1. The minimum atomic E-state index is -0.350. The monoisotopic (exact) mass is 256 g/mol. The molecule has 0 N–H and O–H groups in total. The predicted octanol–water partition coefficient (Wildman–Crippen LogP) is 1.54. The summed E-state index contributed by atoms with van der Waals surface area (Å²) in [6.07, 6.45) is 1.27. The second-order valence-electron chi connectivity index (χ2n) is 3.83. The van der Waals surface area contributed by atoms with Gasteiger partial charge in [-0.2, -0.15) is 0 Å². The fourth-order valence-corrected chi connectivity index (χ4v) is 2.63. The smallest absolute Gasteiger partial charge is 0.357 e. The second-order valence-corrected chi connectivity index (χ2v) is 4.66. The Morgan fingerprint density at radius 3 is 3.18 bits per heavy atom. The molecule has 94 valence electrons. The van der Waals surface area contributed by atoms with Crippen LogP contribution in [0.15, 0.2) is 5.38 Å². The van der Waals surface area contributed by atoms with Gasteiger partial charge < -0.3 is 14.4 Å². The highest BCUT2D eigenvalue weighted by molar-refractivity contribution is 7.13. The van der Waals surface area contributed by atoms with Crippen LogP contribution in [0.5, 0.6) is 0 Å². The lowest BCUT2D eigenvalue weighted by molar-refractivity contribution is 0.0520. The molecule has 2 heterocycles. The van der Waals surface area contributed by atoms with Gasteiger partial charge in [0.15, 0.2) is 10.8 Å². The molecule has 1 unspecified atom stereocenters. The van der Waals surface area contributed by atoms with Crippen molar-refractivity contribution in [1.29, 1.82) is 0 Å². The van der Waals surface area contributed by atoms with Crippen molar-refractivity contribution in [1.82, 2.24) is 4.98 Å². The molecule has 1 aromatic heterocycles. The van der Waals surface area contributed by atoms with Crippen LogP contribution in [0.2, 0.25) is 0 Å². The van der Waals surface area contributed by atoms with E-state index >= 15 is 0 Å². The van der Waals surface area contributed by atoms with E-state index in [1.54, 1.807) is 19.4 Å². The largest absolute Gasteiger partial charge is 0.461 e. The number of ether oxygens (including phenoxy) is 2. The van der Waals surface area contributed by atoms with Crippen LogP contribution in [0.25, 0.3) is 0 Å². The van der Waals surface area contributed by atoms with Gasteiger partial charge in [-0.15, -0.1) is 11.3 Å². The van der Waals surface area contributed by atoms with Crippen LogP contribution >= 0.6 is 11.3 Å². The summed E-state index contributed by atoms with van der Waals surface area (Å²) in [6, 6.07) is 0. The Morgan fingerprint density at radius 2 is 2.53 bits per heavy atom. The molecule has 1 aliphatic heterocycles. The van der Waals surface area contributed by atoms with Crippen LogP contribution in [0.3, 0.4) is 0 Å². The Morgan fingerprint density at radius 1 is 1.71 bits per heavy atom. The normalized spacial score (nSPS) is 19.6. The fraction of sp³-hybridized carbons (Fsp3) is 0.636. The summed E-state index contributed by atoms with van der Waals surface area (Å²) < 4.78 is 10.2. The lowest BCUT2D eigenvalue weighted by Crippen LogP contribution is -2.22. The van der Waals surface area contributed by atoms with Crippen LogP contribution in [0, 0.1) is 0 Å². The van der Waals surface area contributed by atoms with Crippen LogP contribution in [-0.2, 0) is 9.47 Å². The standard InChI is InChI=1S/C11H16N2O3S/c1-3-16-10(14)9-7-17-11(12-9)13-5-4-8(6-13)15-2/h7-8H,3-6H2,1-2H3. The van der Waals surface area contributed by atoms with Gasteiger partial charge in [0.25, 0.3) is 0 Å². The molecule has 1 aromatic rings. The van der Waals surface area contributed by atoms with Crippen molar-refractivity contribution in [2.24, 2.45) is 0 Å². The van der Waals surface area contributed by atoms with Gasteiger partial charge in [0.05, 0.1) is 12.7 Å². The van der Waals surface area contributed by atoms with Crippen LogP contribution in [0.1, 0.15) is 23.8 Å². The molecule has 0 aromatic carbocycles. The van der Waals surface area contributed by atoms with Gasteiger partial charge in [-0.05, 0) is 13.3 Å². The number of aromatic nitrogens is 1. The van der Waals surface area contributed by atoms with E-state index < -0.39 is 0 Å². The molecular weight excluding hydrogens is 240 g/mol. The molecule has 5 nitrogen and oxygen atoms in total. The summed E-state index contributed by atoms with van der Waals surface area (Å²) in [5.41, 5.74) is 0.396. The zero-order chi connectivity index (χ0) is 12.3. The third-order valence-corrected chi connectivity index (χ3v) is 3.63. The van der Waals surface area contributed by atoms with E-state index in [2.05, 4.69) is 9.88 Å². The highest BCUT2D eigenvalue weighted by Gasteiger charge is 2.25. The third-order valence-electron chi connectivity index (χ3n) is 2.73. The first-order valence-electron chi connectivity index (χ1n) is 5.65. The van der Waals surface area contributed by atoms with Gasteiger partial charge in [-0.1, -0.05) is 0 Å². The Balaban J connectivity index is 2.01. The molecule has 0 radical (unpaired) electrons. The Hall–Kier alpha value is -1.14. The van der Waals surface area contributed by atoms with Gasteiger partial charge in [0.2, 0.25) is 0 Å². The molecular formula is C11H16N2O3S. The topological polar surface area (TPSA) is 51.7 Å². The van der Waals surface area contributed by atoms with Crippen molar-refractivity contribution in [2.45, 2.75) is 19.4 Å². The summed E-state index contributed by atoms with van der Waals surface area (Å²) in [4.78, 5) is 17.9. The van der Waals surface area contributed by atoms with Crippen LogP contribution in [-0.4, -0.2) is 43.9 Å². The number of hydrogen-bond donors (Lipinski definition) is 0. The third kappa shape index (κ3) is 2.76. The molecule has 1 fully saturated rings. The number of anilines is 1. The van der Waals surface area contributed by atoms with Gasteiger partial charge in [0.1, 0.15) is 0 Å². The summed E-state index contributed by atoms with van der Waals surface area (Å²) in [5, 5.41) is 2.61. The summed E-state index contributed by atoms with van der Waals surface area (Å²) in [5.74, 6) is -0.350. The second kappa shape index (κ2) is 5.46. The SMILES string of the molecule is CCOC(=O)c1csc(N2CCC(OC)C2)n1. The maximum atomic E-state index is 11.5. The van der Waals surface area contributed by atoms with Gasteiger partial charge in [-0.3, -0.25) is 0 Å². The fourth-order valence-electron chi connectivity index (χ4n) is 1.80. The minimum absolute atomic E-state index is 0.268. The molecule has 0 bridgehead atoms. The molecule has 1 aliphatic rings. The maximum Gasteiger partial charge on any atom is 0.357 e. The summed E-state index contributed by atoms with van der Waals surface area (Å²) in [7, 11) is 1.72. The van der Waals surface area contributed by atoms with E-state index in [4.69, 9.17) is 9.47 Å². The van der Waals surface area contributed by atoms with Gasteiger partial charge in [0, 0.05) is 25.6 Å². The average Bonchev–Trinajstić information content (AvgIpc) is 2.98. The van der Waals surface area contributed by atoms with E-state index in [1.165, 1.54) is 11.3 Å². The van der Waals surface area contributed by atoms with E-state index in [-0.39, 0.29) is 12.1 Å². The number of nitrogens with zero attached hydrogens (tertiary/aromatic N) is 2. The predicted molar refractivity (Wildman–Crippen MR) is 65.7 cm³/mol. The van der Waals surface area contributed by atoms with Crippen LogP contribution < -0.4 is 4.90 Å². The van der Waals surface area contributed by atoms with Crippen LogP contribution in [0.4, 0.5) is 5.13 Å². The van der Waals surface area contributed by atoms with Crippen molar-refractivity contribution in [3.8, 4) is 0 Å². The van der Waals surface area contributed by atoms with Crippen molar-refractivity contribution in [3.05, 3.63) is 11.1 Å². The number of esters is 1. The lowest BCUT2D eigenvalue weighted by atomic mass is 10.3. The minimum Gasteiger partial charge on any atom is -0.461 e. The molecule has 0 amide bonds.